The molecule has 2 atom stereocenters. The number of hydrogen-bond donors (Lipinski definition) is 0. The molecule has 1 saturated carbocycles. The predicted octanol–water partition coefficient (Wildman–Crippen LogP) is 15.8. The Morgan fingerprint density at radius 1 is 0.412 bits per heavy atom. The zero-order valence-corrected chi connectivity index (χ0v) is 44.1. The van der Waals surface area contributed by atoms with E-state index in [0.717, 1.165) is 6.42 Å². The van der Waals surface area contributed by atoms with Crippen molar-refractivity contribution in [2.75, 3.05) is 14.7 Å². The molecule has 11 rings (SSSR count). The van der Waals surface area contributed by atoms with Crippen molar-refractivity contribution in [3.8, 4) is 0 Å². The van der Waals surface area contributed by atoms with E-state index < -0.39 is 0 Å². The fraction of sp³-hybridized carbons (Fsp3) is 0.438. The molecule has 0 saturated heterocycles. The molecule has 2 unspecified atom stereocenters. The largest absolute Gasteiger partial charge is 0.334 e. The van der Waals surface area contributed by atoms with Gasteiger partial charge in [-0.2, -0.15) is 0 Å². The lowest BCUT2D eigenvalue weighted by atomic mass is 9.33. The third kappa shape index (κ3) is 6.57. The van der Waals surface area contributed by atoms with Gasteiger partial charge in [0.1, 0.15) is 0 Å². The first-order valence-corrected chi connectivity index (χ1v) is 26.1. The minimum Gasteiger partial charge on any atom is -0.334 e. The molecule has 0 N–H and O–H groups in total. The van der Waals surface area contributed by atoms with Gasteiger partial charge in [-0.05, 0) is 164 Å². The molecule has 5 aliphatic rings. The average molecular weight is 898 g/mol. The highest BCUT2D eigenvalue weighted by Gasteiger charge is 2.58. The van der Waals surface area contributed by atoms with Gasteiger partial charge in [0, 0.05) is 50.9 Å². The summed E-state index contributed by atoms with van der Waals surface area (Å²) in [4.78, 5) is 8.19. The third-order valence-electron chi connectivity index (χ3n) is 18.1. The Balaban J connectivity index is 1.29. The molecule has 4 heteroatoms. The van der Waals surface area contributed by atoms with E-state index in [1.807, 2.05) is 0 Å². The van der Waals surface area contributed by atoms with Crippen LogP contribution in [0.1, 0.15) is 176 Å². The molecular formula is C64H76BN3. The maximum absolute atomic E-state index is 2.84. The number of fused-ring (bicyclic) bond motifs is 8. The molecule has 6 aromatic rings. The number of hydrogen-bond acceptors (Lipinski definition) is 3. The lowest BCUT2D eigenvalue weighted by Gasteiger charge is -2.51. The van der Waals surface area contributed by atoms with Crippen molar-refractivity contribution in [2.45, 2.75) is 180 Å². The van der Waals surface area contributed by atoms with Crippen LogP contribution in [0.3, 0.4) is 0 Å². The summed E-state index contributed by atoms with van der Waals surface area (Å²) >= 11 is 0. The van der Waals surface area contributed by atoms with Crippen LogP contribution in [-0.4, -0.2) is 12.3 Å². The van der Waals surface area contributed by atoms with Crippen LogP contribution in [0.2, 0.25) is 0 Å². The highest BCUT2D eigenvalue weighted by molar-refractivity contribution is 7.00. The Morgan fingerprint density at radius 3 is 1.60 bits per heavy atom. The molecule has 350 valence electrons. The molecule has 0 amide bonds. The van der Waals surface area contributed by atoms with Gasteiger partial charge in [0.2, 0.25) is 0 Å². The number of nitrogens with zero attached hydrogens (tertiary/aromatic N) is 3. The third-order valence-corrected chi connectivity index (χ3v) is 18.1. The fourth-order valence-corrected chi connectivity index (χ4v) is 13.5. The molecule has 68 heavy (non-hydrogen) atoms. The average Bonchev–Trinajstić information content (AvgIpc) is 3.49. The van der Waals surface area contributed by atoms with Gasteiger partial charge in [0.05, 0.1) is 5.54 Å². The maximum Gasteiger partial charge on any atom is 0.252 e. The topological polar surface area (TPSA) is 9.72 Å². The van der Waals surface area contributed by atoms with Crippen molar-refractivity contribution in [1.29, 1.82) is 0 Å². The van der Waals surface area contributed by atoms with Crippen LogP contribution >= 0.6 is 0 Å². The van der Waals surface area contributed by atoms with Gasteiger partial charge in [-0.3, -0.25) is 0 Å². The van der Waals surface area contributed by atoms with Crippen LogP contribution in [0.5, 0.6) is 0 Å². The minimum atomic E-state index is -0.119. The van der Waals surface area contributed by atoms with Crippen LogP contribution in [0.25, 0.3) is 0 Å². The monoisotopic (exact) mass is 898 g/mol. The molecule has 0 aromatic heterocycles. The van der Waals surface area contributed by atoms with E-state index in [4.69, 9.17) is 0 Å². The molecule has 1 fully saturated rings. The molecule has 2 aliphatic carbocycles. The second-order valence-corrected chi connectivity index (χ2v) is 26.5. The predicted molar refractivity (Wildman–Crippen MR) is 295 cm³/mol. The zero-order chi connectivity index (χ0) is 48.3. The van der Waals surface area contributed by atoms with Crippen molar-refractivity contribution < 1.29 is 0 Å². The minimum absolute atomic E-state index is 0.00435. The molecule has 0 radical (unpaired) electrons. The summed E-state index contributed by atoms with van der Waals surface area (Å²) < 4.78 is 0. The van der Waals surface area contributed by atoms with Crippen molar-refractivity contribution in [1.82, 2.24) is 0 Å². The van der Waals surface area contributed by atoms with E-state index in [1.54, 1.807) is 0 Å². The van der Waals surface area contributed by atoms with Crippen molar-refractivity contribution in [3.05, 3.63) is 149 Å². The number of rotatable bonds is 3. The van der Waals surface area contributed by atoms with Crippen LogP contribution < -0.4 is 31.1 Å². The molecular weight excluding hydrogens is 822 g/mol. The Morgan fingerprint density at radius 2 is 0.956 bits per heavy atom. The Bertz CT molecular complexity index is 3030. The van der Waals surface area contributed by atoms with Gasteiger partial charge < -0.3 is 14.7 Å². The van der Waals surface area contributed by atoms with Crippen LogP contribution in [0, 0.1) is 0 Å². The van der Waals surface area contributed by atoms with Crippen molar-refractivity contribution in [2.24, 2.45) is 0 Å². The van der Waals surface area contributed by atoms with Gasteiger partial charge in [0.25, 0.3) is 6.71 Å². The quantitative estimate of drug-likeness (QED) is 0.164. The van der Waals surface area contributed by atoms with Crippen LogP contribution in [0.4, 0.5) is 45.5 Å². The number of anilines is 8. The maximum atomic E-state index is 2.84. The van der Waals surface area contributed by atoms with Crippen LogP contribution in [0.15, 0.2) is 115 Å². The Labute approximate surface area is 410 Å². The summed E-state index contributed by atoms with van der Waals surface area (Å²) in [5.41, 5.74) is 23.2. The molecule has 3 nitrogen and oxygen atoms in total. The summed E-state index contributed by atoms with van der Waals surface area (Å²) in [6.07, 6.45) is 7.19. The van der Waals surface area contributed by atoms with Gasteiger partial charge >= 0.3 is 0 Å². The van der Waals surface area contributed by atoms with E-state index in [-0.39, 0.29) is 44.7 Å². The first-order chi connectivity index (χ1) is 31.8. The van der Waals surface area contributed by atoms with E-state index in [1.165, 1.54) is 127 Å². The fourth-order valence-electron chi connectivity index (χ4n) is 13.5. The molecule has 3 heterocycles. The Kier molecular flexibility index (Phi) is 9.75. The SMILES string of the molecule is CC(C)(C)c1cccc(N2c3cc(C(C)(C)C)ccc3B3c4cc5c(cc4N(c4ccccc4)c4cc(N6c7ccc(C(C)(C)C)cc7C7(C)CCCCC67C)cc2c43)C(C)(C)CCC5(C)C)c1. The smallest absolute Gasteiger partial charge is 0.252 e. The van der Waals surface area contributed by atoms with Crippen molar-refractivity contribution >= 4 is 68.6 Å². The molecule has 0 bridgehead atoms. The molecule has 3 aliphatic heterocycles. The summed E-state index contributed by atoms with van der Waals surface area (Å²) in [5, 5.41) is 0. The second kappa shape index (κ2) is 14.7. The van der Waals surface area contributed by atoms with Gasteiger partial charge in [-0.25, -0.2) is 0 Å². The first kappa shape index (κ1) is 45.2. The van der Waals surface area contributed by atoms with Crippen molar-refractivity contribution in [3.63, 3.8) is 0 Å². The van der Waals surface area contributed by atoms with Gasteiger partial charge in [-0.15, -0.1) is 0 Å². The first-order valence-electron chi connectivity index (χ1n) is 26.1. The summed E-state index contributed by atoms with van der Waals surface area (Å²) in [6.45, 7) is 36.5. The standard InChI is InChI=1S/C64H76BN3/c1-58(2,3)41-22-21-25-45(34-41)67-53-36-43(60(7,8)9)26-28-50(53)65-51-39-47-48(62(12,13)33-32-61(47,10)11)40-54(51)66(44-23-17-16-18-24-44)55-37-46(38-56(67)57(55)65)68-52-29-27-42(59(4,5)6)35-49(52)63(14)30-19-20-31-64(63,68)15/h16-18,21-29,34-40H,19-20,30-33H2,1-15H3. The second-order valence-electron chi connectivity index (χ2n) is 26.5. The van der Waals surface area contributed by atoms with Crippen LogP contribution in [-0.2, 0) is 32.5 Å². The highest BCUT2D eigenvalue weighted by atomic mass is 15.3. The molecule has 6 aromatic carbocycles. The summed E-state index contributed by atoms with van der Waals surface area (Å²) in [7, 11) is 0. The summed E-state index contributed by atoms with van der Waals surface area (Å²) in [5.74, 6) is 0. The zero-order valence-electron chi connectivity index (χ0n) is 44.1. The lowest BCUT2D eigenvalue weighted by Crippen LogP contribution is -2.62. The van der Waals surface area contributed by atoms with E-state index in [2.05, 4.69) is 234 Å². The van der Waals surface area contributed by atoms with Gasteiger partial charge in [-0.1, -0.05) is 170 Å². The Hall–Kier alpha value is -5.22. The van der Waals surface area contributed by atoms with Gasteiger partial charge in [0.15, 0.2) is 0 Å². The van der Waals surface area contributed by atoms with E-state index >= 15 is 0 Å². The molecule has 0 spiro atoms. The summed E-state index contributed by atoms with van der Waals surface area (Å²) in [6, 6.07) is 46.4. The lowest BCUT2D eigenvalue weighted by molar-refractivity contribution is 0.195. The van der Waals surface area contributed by atoms with E-state index in [9.17, 15) is 0 Å². The number of benzene rings is 6. The highest BCUT2D eigenvalue weighted by Crippen LogP contribution is 2.62. The number of para-hydroxylation sites is 1. The normalized spacial score (nSPS) is 22.2. The van der Waals surface area contributed by atoms with E-state index in [0.29, 0.717) is 0 Å².